The number of alkyl halides is 9. The second-order valence-electron chi connectivity index (χ2n) is 9.29. The van der Waals surface area contributed by atoms with Crippen LogP contribution in [0, 0.1) is 5.41 Å². The van der Waals surface area contributed by atoms with Gasteiger partial charge in [-0.25, -0.2) is 14.4 Å². The van der Waals surface area contributed by atoms with Crippen LogP contribution in [0.15, 0.2) is 24.5 Å². The molecule has 2 aliphatic rings. The van der Waals surface area contributed by atoms with E-state index in [2.05, 4.69) is 34.0 Å². The molecule has 42 heavy (non-hydrogen) atoms. The lowest BCUT2D eigenvalue weighted by Crippen LogP contribution is -2.39. The third-order valence-electron chi connectivity index (χ3n) is 5.99. The molecule has 0 aromatic carbocycles. The summed E-state index contributed by atoms with van der Waals surface area (Å²) in [6.07, 6.45) is -7.52. The first-order chi connectivity index (χ1) is 19.0. The van der Waals surface area contributed by atoms with E-state index >= 15 is 0 Å². The van der Waals surface area contributed by atoms with Crippen molar-refractivity contribution in [1.29, 1.82) is 0 Å². The van der Waals surface area contributed by atoms with E-state index in [4.69, 9.17) is 34.4 Å². The van der Waals surface area contributed by atoms with Crippen LogP contribution in [0.25, 0.3) is 0 Å². The minimum Gasteiger partial charge on any atom is -0.475 e. The number of likely N-dealkylation sites (tertiary alicyclic amines) is 2. The number of aromatic nitrogens is 1. The molecule has 19 heteroatoms. The summed E-state index contributed by atoms with van der Waals surface area (Å²) in [6, 6.07) is 4.82. The highest BCUT2D eigenvalue weighted by atomic mass is 19.4. The smallest absolute Gasteiger partial charge is 0.475 e. The lowest BCUT2D eigenvalue weighted by Gasteiger charge is -2.37. The molecule has 1 atom stereocenters. The van der Waals surface area contributed by atoms with Gasteiger partial charge in [0.1, 0.15) is 0 Å². The number of hydrogen-bond donors (Lipinski definition) is 3. The number of methoxy groups -OCH3 is 1. The van der Waals surface area contributed by atoms with Crippen molar-refractivity contribution in [3.63, 3.8) is 0 Å². The van der Waals surface area contributed by atoms with Crippen LogP contribution in [0.4, 0.5) is 39.5 Å². The molecule has 0 amide bonds. The van der Waals surface area contributed by atoms with E-state index in [9.17, 15) is 39.5 Å². The summed E-state index contributed by atoms with van der Waals surface area (Å²) in [5, 5.41) is 21.4. The Balaban J connectivity index is 0.000000660. The van der Waals surface area contributed by atoms with Gasteiger partial charge in [0.05, 0.1) is 6.61 Å². The summed E-state index contributed by atoms with van der Waals surface area (Å²) in [5.74, 6) is -8.27. The van der Waals surface area contributed by atoms with Crippen molar-refractivity contribution in [1.82, 2.24) is 14.8 Å². The van der Waals surface area contributed by atoms with Crippen LogP contribution in [-0.4, -0.2) is 113 Å². The number of ether oxygens (including phenoxy) is 1. The normalized spacial score (nSPS) is 18.9. The number of carboxylic acids is 3. The molecule has 0 aliphatic carbocycles. The number of carbonyl (C=O) groups is 3. The number of halogens is 9. The molecule has 0 saturated carbocycles. The zero-order valence-electron chi connectivity index (χ0n) is 22.3. The topological polar surface area (TPSA) is 140 Å². The molecule has 2 fully saturated rings. The number of hydrogen-bond acceptors (Lipinski definition) is 7. The Morgan fingerprint density at radius 2 is 1.26 bits per heavy atom. The predicted octanol–water partition coefficient (Wildman–Crippen LogP) is 3.91. The van der Waals surface area contributed by atoms with Crippen LogP contribution in [-0.2, 0) is 25.7 Å². The Bertz CT molecular complexity index is 925. The SMILES string of the molecule is COCC1CC2(CCN(C)CC2)CN1Cc1ccncc1.O=C(O)C(F)(F)F.O=C(O)C(F)(F)F.O=C(O)C(F)(F)F. The molecule has 3 N–H and O–H groups in total. The molecule has 3 heterocycles. The number of aliphatic carboxylic acids is 3. The van der Waals surface area contributed by atoms with Gasteiger partial charge in [0, 0.05) is 38.6 Å². The van der Waals surface area contributed by atoms with Crippen LogP contribution in [0.5, 0.6) is 0 Å². The van der Waals surface area contributed by atoms with Gasteiger partial charge in [-0.1, -0.05) is 0 Å². The number of piperidine rings is 1. The largest absolute Gasteiger partial charge is 0.490 e. The maximum atomic E-state index is 10.6. The van der Waals surface area contributed by atoms with Gasteiger partial charge in [0.2, 0.25) is 0 Å². The van der Waals surface area contributed by atoms with Crippen LogP contribution in [0.3, 0.4) is 0 Å². The average Bonchev–Trinajstić information content (AvgIpc) is 3.18. The van der Waals surface area contributed by atoms with Gasteiger partial charge < -0.3 is 25.0 Å². The predicted molar refractivity (Wildman–Crippen MR) is 125 cm³/mol. The second-order valence-corrected chi connectivity index (χ2v) is 9.29. The average molecular weight is 631 g/mol. The number of nitrogens with zero attached hydrogens (tertiary/aromatic N) is 3. The van der Waals surface area contributed by atoms with Crippen LogP contribution < -0.4 is 0 Å². The number of carboxylic acid groups (broad SMARTS) is 3. The highest BCUT2D eigenvalue weighted by molar-refractivity contribution is 5.73. The Hall–Kier alpha value is -3.19. The molecule has 1 aromatic rings. The van der Waals surface area contributed by atoms with Gasteiger partial charge in [-0.15, -0.1) is 0 Å². The van der Waals surface area contributed by atoms with E-state index in [1.54, 1.807) is 0 Å². The van der Waals surface area contributed by atoms with Crippen molar-refractivity contribution in [2.45, 2.75) is 50.4 Å². The Kier molecular flexibility index (Phi) is 15.2. The van der Waals surface area contributed by atoms with E-state index < -0.39 is 36.4 Å². The molecule has 1 unspecified atom stereocenters. The first-order valence-corrected chi connectivity index (χ1v) is 11.7. The fourth-order valence-corrected chi connectivity index (χ4v) is 3.97. The second kappa shape index (κ2) is 16.4. The first kappa shape index (κ1) is 38.8. The fourth-order valence-electron chi connectivity index (χ4n) is 3.97. The highest BCUT2D eigenvalue weighted by Crippen LogP contribution is 2.43. The van der Waals surface area contributed by atoms with E-state index in [1.807, 2.05) is 19.5 Å². The van der Waals surface area contributed by atoms with Crippen LogP contribution in [0.1, 0.15) is 24.8 Å². The van der Waals surface area contributed by atoms with E-state index in [0.717, 1.165) is 13.2 Å². The lowest BCUT2D eigenvalue weighted by atomic mass is 9.77. The van der Waals surface area contributed by atoms with E-state index in [-0.39, 0.29) is 0 Å². The Morgan fingerprint density at radius 3 is 1.60 bits per heavy atom. The van der Waals surface area contributed by atoms with Crippen molar-refractivity contribution < 1.29 is 74.0 Å². The zero-order valence-corrected chi connectivity index (χ0v) is 22.3. The van der Waals surface area contributed by atoms with Crippen molar-refractivity contribution in [3.05, 3.63) is 30.1 Å². The van der Waals surface area contributed by atoms with Gasteiger partial charge in [0.25, 0.3) is 0 Å². The highest BCUT2D eigenvalue weighted by Gasteiger charge is 2.45. The maximum Gasteiger partial charge on any atom is 0.490 e. The third kappa shape index (κ3) is 15.2. The Labute approximate surface area is 233 Å². The van der Waals surface area contributed by atoms with Gasteiger partial charge in [0.15, 0.2) is 0 Å². The minimum absolute atomic E-state index is 0.517. The van der Waals surface area contributed by atoms with Crippen molar-refractivity contribution in [3.8, 4) is 0 Å². The van der Waals surface area contributed by atoms with Crippen LogP contribution >= 0.6 is 0 Å². The molecule has 242 valence electrons. The maximum absolute atomic E-state index is 10.6. The standard InChI is InChI=1S/C17H27N3O.3C2HF3O2/c1-19-9-5-17(6-10-19)11-16(13-21-2)20(14-17)12-15-3-7-18-8-4-15;3*3-2(4,5)1(6)7/h3-4,7-8,16H,5-6,9-14H2,1-2H3;3*(H,6,7). The lowest BCUT2D eigenvalue weighted by molar-refractivity contribution is -0.193. The first-order valence-electron chi connectivity index (χ1n) is 11.7. The molecule has 1 spiro atoms. The quantitative estimate of drug-likeness (QED) is 0.419. The molecule has 0 bridgehead atoms. The van der Waals surface area contributed by atoms with Gasteiger partial charge in [-0.05, 0) is 62.5 Å². The monoisotopic (exact) mass is 631 g/mol. The summed E-state index contributed by atoms with van der Waals surface area (Å²) in [7, 11) is 4.06. The summed E-state index contributed by atoms with van der Waals surface area (Å²) >= 11 is 0. The molecule has 2 aliphatic heterocycles. The van der Waals surface area contributed by atoms with E-state index in [1.165, 1.54) is 44.5 Å². The molecule has 1 aromatic heterocycles. The Morgan fingerprint density at radius 1 is 0.881 bits per heavy atom. The van der Waals surface area contributed by atoms with Gasteiger partial charge >= 0.3 is 36.4 Å². The van der Waals surface area contributed by atoms with Crippen LogP contribution in [0.2, 0.25) is 0 Å². The summed E-state index contributed by atoms with van der Waals surface area (Å²) in [6.45, 7) is 5.57. The number of pyridine rings is 1. The van der Waals surface area contributed by atoms with Crippen molar-refractivity contribution >= 4 is 17.9 Å². The molecule has 3 rings (SSSR count). The number of rotatable bonds is 4. The van der Waals surface area contributed by atoms with E-state index in [0.29, 0.717) is 11.5 Å². The van der Waals surface area contributed by atoms with Gasteiger partial charge in [-0.3, -0.25) is 9.88 Å². The third-order valence-corrected chi connectivity index (χ3v) is 5.99. The molecule has 2 saturated heterocycles. The zero-order chi connectivity index (χ0) is 32.9. The van der Waals surface area contributed by atoms with Gasteiger partial charge in [-0.2, -0.15) is 39.5 Å². The summed E-state index contributed by atoms with van der Waals surface area (Å²) in [5.41, 5.74) is 1.87. The molecule has 10 nitrogen and oxygen atoms in total. The summed E-state index contributed by atoms with van der Waals surface area (Å²) < 4.78 is 101. The van der Waals surface area contributed by atoms with Crippen molar-refractivity contribution in [2.24, 2.45) is 5.41 Å². The summed E-state index contributed by atoms with van der Waals surface area (Å²) in [4.78, 5) is 35.9. The molecular weight excluding hydrogens is 601 g/mol. The molecule has 0 radical (unpaired) electrons. The molecular formula is C23H30F9N3O7. The minimum atomic E-state index is -5.08. The van der Waals surface area contributed by atoms with Crippen molar-refractivity contribution in [2.75, 3.05) is 40.4 Å². The fraction of sp³-hybridized carbons (Fsp3) is 0.652.